The van der Waals surface area contributed by atoms with Gasteiger partial charge in [-0.1, -0.05) is 24.2 Å². The standard InChI is InChI=1S/C12H17N5O3/c1-4-19-12(18)11-9(5-8(2)3)17(16-14-11)6-10-13-7-20-15-10/h7-8H,4-6H2,1-3H3. The maximum Gasteiger partial charge on any atom is 0.360 e. The molecule has 0 bridgehead atoms. The summed E-state index contributed by atoms with van der Waals surface area (Å²) in [5.74, 6) is 0.378. The third-order valence-electron chi connectivity index (χ3n) is 2.61. The fourth-order valence-corrected chi connectivity index (χ4v) is 1.80. The summed E-state index contributed by atoms with van der Waals surface area (Å²) in [4.78, 5) is 15.8. The largest absolute Gasteiger partial charge is 0.461 e. The molecule has 0 spiro atoms. The molecule has 0 aromatic carbocycles. The first-order chi connectivity index (χ1) is 9.61. The van der Waals surface area contributed by atoms with E-state index in [1.165, 1.54) is 6.39 Å². The Bertz CT molecular complexity index is 562. The van der Waals surface area contributed by atoms with Crippen molar-refractivity contribution in [1.82, 2.24) is 25.1 Å². The van der Waals surface area contributed by atoms with Crippen LogP contribution in [0, 0.1) is 5.92 Å². The van der Waals surface area contributed by atoms with Crippen LogP contribution >= 0.6 is 0 Å². The summed E-state index contributed by atoms with van der Waals surface area (Å²) < 4.78 is 11.3. The monoisotopic (exact) mass is 279 g/mol. The van der Waals surface area contributed by atoms with E-state index in [0.717, 1.165) is 5.69 Å². The molecule has 2 heterocycles. The molecule has 2 aromatic heterocycles. The number of hydrogen-bond acceptors (Lipinski definition) is 7. The lowest BCUT2D eigenvalue weighted by Crippen LogP contribution is -2.14. The van der Waals surface area contributed by atoms with E-state index in [-0.39, 0.29) is 5.69 Å². The molecule has 2 rings (SSSR count). The van der Waals surface area contributed by atoms with Gasteiger partial charge >= 0.3 is 5.97 Å². The molecule has 0 N–H and O–H groups in total. The summed E-state index contributed by atoms with van der Waals surface area (Å²) in [6, 6.07) is 0. The highest BCUT2D eigenvalue weighted by Gasteiger charge is 2.22. The average Bonchev–Trinajstić information content (AvgIpc) is 3.01. The van der Waals surface area contributed by atoms with E-state index in [0.29, 0.717) is 31.3 Å². The topological polar surface area (TPSA) is 95.9 Å². The normalized spacial score (nSPS) is 11.0. The Hall–Kier alpha value is -2.25. The quantitative estimate of drug-likeness (QED) is 0.730. The Kier molecular flexibility index (Phi) is 4.44. The number of rotatable bonds is 6. The molecule has 20 heavy (non-hydrogen) atoms. The minimum Gasteiger partial charge on any atom is -0.461 e. The van der Waals surface area contributed by atoms with Crippen molar-refractivity contribution in [3.63, 3.8) is 0 Å². The van der Waals surface area contributed by atoms with Crippen LogP contribution in [-0.2, 0) is 17.7 Å². The number of nitrogens with zero attached hydrogens (tertiary/aromatic N) is 5. The van der Waals surface area contributed by atoms with E-state index in [9.17, 15) is 4.79 Å². The number of carbonyl (C=O) groups excluding carboxylic acids is 1. The van der Waals surface area contributed by atoms with E-state index in [1.54, 1.807) is 11.6 Å². The molecule has 0 aliphatic carbocycles. The summed E-state index contributed by atoms with van der Waals surface area (Å²) in [6.07, 6.45) is 1.92. The lowest BCUT2D eigenvalue weighted by molar-refractivity contribution is 0.0517. The lowest BCUT2D eigenvalue weighted by Gasteiger charge is -2.08. The first-order valence-electron chi connectivity index (χ1n) is 6.46. The van der Waals surface area contributed by atoms with E-state index in [2.05, 4.69) is 38.8 Å². The van der Waals surface area contributed by atoms with Gasteiger partial charge < -0.3 is 9.26 Å². The van der Waals surface area contributed by atoms with Gasteiger partial charge in [0, 0.05) is 0 Å². The molecular weight excluding hydrogens is 262 g/mol. The zero-order valence-electron chi connectivity index (χ0n) is 11.7. The van der Waals surface area contributed by atoms with Crippen LogP contribution in [0.2, 0.25) is 0 Å². The average molecular weight is 279 g/mol. The van der Waals surface area contributed by atoms with Crippen molar-refractivity contribution in [3.8, 4) is 0 Å². The smallest absolute Gasteiger partial charge is 0.360 e. The van der Waals surface area contributed by atoms with Gasteiger partial charge in [-0.3, -0.25) is 0 Å². The Morgan fingerprint density at radius 1 is 1.50 bits per heavy atom. The van der Waals surface area contributed by atoms with Crippen LogP contribution in [0.25, 0.3) is 0 Å². The zero-order chi connectivity index (χ0) is 14.5. The van der Waals surface area contributed by atoms with E-state index < -0.39 is 5.97 Å². The van der Waals surface area contributed by atoms with Crippen LogP contribution in [0.5, 0.6) is 0 Å². The second kappa shape index (κ2) is 6.27. The second-order valence-corrected chi connectivity index (χ2v) is 4.71. The minimum atomic E-state index is -0.456. The van der Waals surface area contributed by atoms with Crippen molar-refractivity contribution in [3.05, 3.63) is 23.6 Å². The molecule has 0 aliphatic rings. The highest BCUT2D eigenvalue weighted by molar-refractivity contribution is 5.88. The van der Waals surface area contributed by atoms with Crippen LogP contribution < -0.4 is 0 Å². The summed E-state index contributed by atoms with van der Waals surface area (Å²) in [5, 5.41) is 11.6. The Labute approximate surface area is 116 Å². The van der Waals surface area contributed by atoms with Crippen molar-refractivity contribution < 1.29 is 14.1 Å². The number of esters is 1. The van der Waals surface area contributed by atoms with E-state index >= 15 is 0 Å². The molecule has 0 saturated heterocycles. The highest BCUT2D eigenvalue weighted by Crippen LogP contribution is 2.14. The maximum atomic E-state index is 11.9. The van der Waals surface area contributed by atoms with E-state index in [4.69, 9.17) is 4.74 Å². The zero-order valence-corrected chi connectivity index (χ0v) is 11.7. The molecular formula is C12H17N5O3. The van der Waals surface area contributed by atoms with Crippen molar-refractivity contribution in [2.24, 2.45) is 5.92 Å². The van der Waals surface area contributed by atoms with Gasteiger partial charge in [0.05, 0.1) is 12.3 Å². The summed E-state index contributed by atoms with van der Waals surface area (Å²) in [5.41, 5.74) is 0.979. The van der Waals surface area contributed by atoms with Crippen LogP contribution in [0.1, 0.15) is 42.8 Å². The molecule has 8 nitrogen and oxygen atoms in total. The fourth-order valence-electron chi connectivity index (χ4n) is 1.80. The van der Waals surface area contributed by atoms with Crippen LogP contribution in [-0.4, -0.2) is 37.7 Å². The SMILES string of the molecule is CCOC(=O)c1nnn(Cc2ncon2)c1CC(C)C. The molecule has 0 saturated carbocycles. The summed E-state index contributed by atoms with van der Waals surface area (Å²) in [7, 11) is 0. The van der Waals surface area contributed by atoms with Crippen LogP contribution in [0.15, 0.2) is 10.9 Å². The first kappa shape index (κ1) is 14.2. The fraction of sp³-hybridized carbons (Fsp3) is 0.583. The molecule has 2 aromatic rings. The Morgan fingerprint density at radius 3 is 2.90 bits per heavy atom. The predicted octanol–water partition coefficient (Wildman–Crippen LogP) is 1.08. The first-order valence-corrected chi connectivity index (χ1v) is 6.46. The van der Waals surface area contributed by atoms with Crippen LogP contribution in [0.3, 0.4) is 0 Å². The van der Waals surface area contributed by atoms with Gasteiger partial charge in [0.1, 0.15) is 6.54 Å². The Balaban J connectivity index is 2.29. The lowest BCUT2D eigenvalue weighted by atomic mass is 10.1. The molecule has 8 heteroatoms. The number of hydrogen-bond donors (Lipinski definition) is 0. The number of carbonyl (C=O) groups is 1. The van der Waals surface area contributed by atoms with Crippen molar-refractivity contribution in [1.29, 1.82) is 0 Å². The predicted molar refractivity (Wildman–Crippen MR) is 67.9 cm³/mol. The van der Waals surface area contributed by atoms with Gasteiger partial charge in [-0.15, -0.1) is 5.10 Å². The number of aromatic nitrogens is 5. The van der Waals surface area contributed by atoms with Gasteiger partial charge in [-0.2, -0.15) is 4.98 Å². The molecule has 0 amide bonds. The Morgan fingerprint density at radius 2 is 2.30 bits per heavy atom. The second-order valence-electron chi connectivity index (χ2n) is 4.71. The van der Waals surface area contributed by atoms with E-state index in [1.807, 2.05) is 0 Å². The number of ether oxygens (including phenoxy) is 1. The maximum absolute atomic E-state index is 11.9. The third-order valence-corrected chi connectivity index (χ3v) is 2.61. The molecule has 0 aliphatic heterocycles. The third kappa shape index (κ3) is 3.19. The van der Waals surface area contributed by atoms with Gasteiger partial charge in [-0.05, 0) is 19.3 Å². The molecule has 0 unspecified atom stereocenters. The molecule has 0 fully saturated rings. The molecule has 0 radical (unpaired) electrons. The highest BCUT2D eigenvalue weighted by atomic mass is 16.5. The van der Waals surface area contributed by atoms with Gasteiger partial charge in [0.25, 0.3) is 0 Å². The van der Waals surface area contributed by atoms with Gasteiger partial charge in [-0.25, -0.2) is 9.48 Å². The van der Waals surface area contributed by atoms with Crippen molar-refractivity contribution >= 4 is 5.97 Å². The van der Waals surface area contributed by atoms with Crippen molar-refractivity contribution in [2.45, 2.75) is 33.7 Å². The van der Waals surface area contributed by atoms with Gasteiger partial charge in [0.15, 0.2) is 11.5 Å². The summed E-state index contributed by atoms with van der Waals surface area (Å²) in [6.45, 7) is 6.48. The molecule has 108 valence electrons. The van der Waals surface area contributed by atoms with Crippen LogP contribution in [0.4, 0.5) is 0 Å². The van der Waals surface area contributed by atoms with Gasteiger partial charge in [0.2, 0.25) is 6.39 Å². The minimum absolute atomic E-state index is 0.254. The molecule has 0 atom stereocenters. The summed E-state index contributed by atoms with van der Waals surface area (Å²) >= 11 is 0. The van der Waals surface area contributed by atoms with Crippen molar-refractivity contribution in [2.75, 3.05) is 6.61 Å².